The molecular weight excluding hydrogens is 242 g/mol. The molecule has 6 heteroatoms. The van der Waals surface area contributed by atoms with Gasteiger partial charge in [0.15, 0.2) is 0 Å². The minimum atomic E-state index is -2.97. The molecule has 1 atom stereocenters. The van der Waals surface area contributed by atoms with Crippen LogP contribution in [0.4, 0.5) is 0 Å². The summed E-state index contributed by atoms with van der Waals surface area (Å²) in [7, 11) is -1.47. The molecule has 0 saturated heterocycles. The van der Waals surface area contributed by atoms with Crippen LogP contribution >= 0.6 is 0 Å². The fraction of sp³-hybridized carbons (Fsp3) is 0.545. The van der Waals surface area contributed by atoms with Gasteiger partial charge in [-0.3, -0.25) is 4.98 Å². The Bertz CT molecular complexity index is 458. The zero-order valence-electron chi connectivity index (χ0n) is 9.96. The molecule has 0 aliphatic carbocycles. The van der Waals surface area contributed by atoms with Gasteiger partial charge >= 0.3 is 0 Å². The van der Waals surface area contributed by atoms with Crippen molar-refractivity contribution in [1.82, 2.24) is 4.98 Å². The molecule has 96 valence electrons. The van der Waals surface area contributed by atoms with Gasteiger partial charge in [0.2, 0.25) is 0 Å². The number of hydrogen-bond acceptors (Lipinski definition) is 5. The van der Waals surface area contributed by atoms with E-state index in [1.807, 2.05) is 0 Å². The Morgan fingerprint density at radius 2 is 2.24 bits per heavy atom. The molecule has 0 aromatic carbocycles. The lowest BCUT2D eigenvalue weighted by Gasteiger charge is -2.13. The highest BCUT2D eigenvalue weighted by Gasteiger charge is 2.13. The van der Waals surface area contributed by atoms with Gasteiger partial charge in [-0.05, 0) is 18.9 Å². The Morgan fingerprint density at radius 1 is 1.53 bits per heavy atom. The van der Waals surface area contributed by atoms with Crippen LogP contribution in [0.15, 0.2) is 18.5 Å². The zero-order chi connectivity index (χ0) is 12.9. The molecular formula is C11H17NO4S. The molecule has 0 fully saturated rings. The van der Waals surface area contributed by atoms with E-state index < -0.39 is 15.9 Å². The minimum absolute atomic E-state index is 0.0808. The average Bonchev–Trinajstić information content (AvgIpc) is 2.27. The Kier molecular flexibility index (Phi) is 4.89. The maximum Gasteiger partial charge on any atom is 0.147 e. The first kappa shape index (κ1) is 13.9. The quantitative estimate of drug-likeness (QED) is 0.823. The summed E-state index contributed by atoms with van der Waals surface area (Å²) in [6.45, 7) is 0. The fourth-order valence-electron chi connectivity index (χ4n) is 1.53. The van der Waals surface area contributed by atoms with Gasteiger partial charge in [0, 0.05) is 23.8 Å². The number of methoxy groups -OCH3 is 1. The Hall–Kier alpha value is -1.14. The summed E-state index contributed by atoms with van der Waals surface area (Å²) in [6, 6.07) is 1.67. The van der Waals surface area contributed by atoms with Crippen LogP contribution in [-0.2, 0) is 9.84 Å². The van der Waals surface area contributed by atoms with E-state index in [0.29, 0.717) is 24.2 Å². The molecule has 1 rings (SSSR count). The molecule has 1 heterocycles. The number of rotatable bonds is 6. The summed E-state index contributed by atoms with van der Waals surface area (Å²) >= 11 is 0. The molecule has 1 unspecified atom stereocenters. The molecule has 0 radical (unpaired) electrons. The number of aliphatic hydroxyl groups excluding tert-OH is 1. The Labute approximate surface area is 101 Å². The lowest BCUT2D eigenvalue weighted by Crippen LogP contribution is -2.06. The predicted molar refractivity (Wildman–Crippen MR) is 64.7 cm³/mol. The SMILES string of the molecule is COc1cnccc1C(O)CCCS(C)(=O)=O. The second-order valence-corrected chi connectivity index (χ2v) is 6.17. The highest BCUT2D eigenvalue weighted by molar-refractivity contribution is 7.90. The van der Waals surface area contributed by atoms with Crippen molar-refractivity contribution in [3.63, 3.8) is 0 Å². The molecule has 1 N–H and O–H groups in total. The topological polar surface area (TPSA) is 76.5 Å². The highest BCUT2D eigenvalue weighted by Crippen LogP contribution is 2.26. The lowest BCUT2D eigenvalue weighted by atomic mass is 10.1. The van der Waals surface area contributed by atoms with Crippen molar-refractivity contribution >= 4 is 9.84 Å². The smallest absolute Gasteiger partial charge is 0.147 e. The van der Waals surface area contributed by atoms with E-state index in [-0.39, 0.29) is 5.75 Å². The summed E-state index contributed by atoms with van der Waals surface area (Å²) in [5.41, 5.74) is 0.635. The van der Waals surface area contributed by atoms with Gasteiger partial charge in [0.1, 0.15) is 15.6 Å². The molecule has 0 aliphatic rings. The van der Waals surface area contributed by atoms with Crippen LogP contribution < -0.4 is 4.74 Å². The minimum Gasteiger partial charge on any atom is -0.495 e. The van der Waals surface area contributed by atoms with Crippen molar-refractivity contribution < 1.29 is 18.3 Å². The van der Waals surface area contributed by atoms with E-state index in [2.05, 4.69) is 4.98 Å². The molecule has 0 amide bonds. The van der Waals surface area contributed by atoms with E-state index in [1.165, 1.54) is 19.6 Å². The first-order valence-corrected chi connectivity index (χ1v) is 7.34. The van der Waals surface area contributed by atoms with Crippen LogP contribution in [0.3, 0.4) is 0 Å². The van der Waals surface area contributed by atoms with Gasteiger partial charge in [0.05, 0.1) is 19.4 Å². The number of pyridine rings is 1. The van der Waals surface area contributed by atoms with Crippen molar-refractivity contribution in [2.24, 2.45) is 0 Å². The Morgan fingerprint density at radius 3 is 2.82 bits per heavy atom. The van der Waals surface area contributed by atoms with E-state index in [9.17, 15) is 13.5 Å². The van der Waals surface area contributed by atoms with Crippen LogP contribution in [-0.4, -0.2) is 37.6 Å². The van der Waals surface area contributed by atoms with Crippen molar-refractivity contribution in [3.8, 4) is 5.75 Å². The molecule has 0 spiro atoms. The number of aromatic nitrogens is 1. The maximum atomic E-state index is 11.0. The standard InChI is InChI=1S/C11H17NO4S/c1-16-11-8-12-6-5-9(11)10(13)4-3-7-17(2,14)15/h5-6,8,10,13H,3-4,7H2,1-2H3. The largest absolute Gasteiger partial charge is 0.495 e. The number of sulfone groups is 1. The van der Waals surface area contributed by atoms with Crippen LogP contribution in [0, 0.1) is 0 Å². The molecule has 17 heavy (non-hydrogen) atoms. The third-order valence-corrected chi connectivity index (χ3v) is 3.42. The molecule has 0 saturated carbocycles. The number of nitrogens with zero attached hydrogens (tertiary/aromatic N) is 1. The second-order valence-electron chi connectivity index (χ2n) is 3.91. The summed E-state index contributed by atoms with van der Waals surface area (Å²) in [6.07, 6.45) is 4.35. The van der Waals surface area contributed by atoms with Crippen LogP contribution in [0.1, 0.15) is 24.5 Å². The third-order valence-electron chi connectivity index (χ3n) is 2.39. The lowest BCUT2D eigenvalue weighted by molar-refractivity contribution is 0.162. The highest BCUT2D eigenvalue weighted by atomic mass is 32.2. The van der Waals surface area contributed by atoms with Crippen molar-refractivity contribution in [2.45, 2.75) is 18.9 Å². The predicted octanol–water partition coefficient (Wildman–Crippen LogP) is 0.948. The molecule has 0 bridgehead atoms. The Balaban J connectivity index is 2.61. The van der Waals surface area contributed by atoms with E-state index in [1.54, 1.807) is 12.3 Å². The molecule has 0 aliphatic heterocycles. The van der Waals surface area contributed by atoms with Crippen molar-refractivity contribution in [2.75, 3.05) is 19.1 Å². The van der Waals surface area contributed by atoms with Gasteiger partial charge in [-0.25, -0.2) is 8.42 Å². The summed E-state index contributed by atoms with van der Waals surface area (Å²) in [4.78, 5) is 3.89. The molecule has 1 aromatic rings. The van der Waals surface area contributed by atoms with E-state index >= 15 is 0 Å². The first-order chi connectivity index (χ1) is 7.94. The van der Waals surface area contributed by atoms with Crippen LogP contribution in [0.5, 0.6) is 5.75 Å². The van der Waals surface area contributed by atoms with Gasteiger partial charge in [-0.2, -0.15) is 0 Å². The summed E-state index contributed by atoms with van der Waals surface area (Å²) in [5.74, 6) is 0.594. The maximum absolute atomic E-state index is 11.0. The number of hydrogen-bond donors (Lipinski definition) is 1. The van der Waals surface area contributed by atoms with Gasteiger partial charge in [-0.15, -0.1) is 0 Å². The second kappa shape index (κ2) is 5.97. The van der Waals surface area contributed by atoms with Gasteiger partial charge < -0.3 is 9.84 Å². The van der Waals surface area contributed by atoms with Crippen molar-refractivity contribution in [3.05, 3.63) is 24.0 Å². The normalized spacial score (nSPS) is 13.4. The van der Waals surface area contributed by atoms with Gasteiger partial charge in [0.25, 0.3) is 0 Å². The number of ether oxygens (including phenoxy) is 1. The fourth-order valence-corrected chi connectivity index (χ4v) is 2.22. The third kappa shape index (κ3) is 4.70. The van der Waals surface area contributed by atoms with Crippen LogP contribution in [0.2, 0.25) is 0 Å². The number of aliphatic hydroxyl groups is 1. The summed E-state index contributed by atoms with van der Waals surface area (Å²) in [5, 5.41) is 9.93. The molecule has 5 nitrogen and oxygen atoms in total. The summed E-state index contributed by atoms with van der Waals surface area (Å²) < 4.78 is 27.0. The van der Waals surface area contributed by atoms with E-state index in [4.69, 9.17) is 4.74 Å². The first-order valence-electron chi connectivity index (χ1n) is 5.27. The van der Waals surface area contributed by atoms with Crippen molar-refractivity contribution in [1.29, 1.82) is 0 Å². The monoisotopic (exact) mass is 259 g/mol. The average molecular weight is 259 g/mol. The van der Waals surface area contributed by atoms with Gasteiger partial charge in [-0.1, -0.05) is 0 Å². The molecule has 1 aromatic heterocycles. The van der Waals surface area contributed by atoms with E-state index in [0.717, 1.165) is 0 Å². The van der Waals surface area contributed by atoms with Crippen LogP contribution in [0.25, 0.3) is 0 Å². The zero-order valence-corrected chi connectivity index (χ0v) is 10.8.